The van der Waals surface area contributed by atoms with E-state index in [1.54, 1.807) is 26.2 Å². The van der Waals surface area contributed by atoms with E-state index in [2.05, 4.69) is 0 Å². The van der Waals surface area contributed by atoms with Gasteiger partial charge in [0.1, 0.15) is 11.5 Å². The molecule has 0 aromatic heterocycles. The minimum absolute atomic E-state index is 0. The summed E-state index contributed by atoms with van der Waals surface area (Å²) in [5.41, 5.74) is 6.78. The largest absolute Gasteiger partial charge is 0.497 e. The molecule has 0 unspecified atom stereocenters. The number of ether oxygens (including phenoxy) is 2. The predicted octanol–water partition coefficient (Wildman–Crippen LogP) is 2.36. The van der Waals surface area contributed by atoms with E-state index in [-0.39, 0.29) is 23.9 Å². The summed E-state index contributed by atoms with van der Waals surface area (Å²) in [7, 11) is 5.04. The topological polar surface area (TPSA) is 64.8 Å². The maximum atomic E-state index is 12.3. The smallest absolute Gasteiger partial charge is 0.224 e. The molecule has 0 saturated heterocycles. The highest BCUT2D eigenvalue weighted by molar-refractivity contribution is 5.85. The highest BCUT2D eigenvalue weighted by Gasteiger charge is 2.35. The maximum Gasteiger partial charge on any atom is 0.224 e. The molecule has 1 aliphatic carbocycles. The molecule has 1 aromatic rings. The number of hydrogen-bond acceptors (Lipinski definition) is 4. The van der Waals surface area contributed by atoms with Gasteiger partial charge in [-0.15, -0.1) is 12.4 Å². The van der Waals surface area contributed by atoms with Gasteiger partial charge in [-0.2, -0.15) is 0 Å². The maximum absolute atomic E-state index is 12.3. The molecule has 124 valence electrons. The van der Waals surface area contributed by atoms with Crippen molar-refractivity contribution in [1.82, 2.24) is 4.90 Å². The van der Waals surface area contributed by atoms with E-state index in [0.717, 1.165) is 36.3 Å². The Labute approximate surface area is 138 Å². The van der Waals surface area contributed by atoms with Crippen molar-refractivity contribution in [1.29, 1.82) is 0 Å². The Balaban J connectivity index is 0.00000242. The zero-order valence-corrected chi connectivity index (χ0v) is 14.2. The Hall–Kier alpha value is -1.46. The van der Waals surface area contributed by atoms with Crippen molar-refractivity contribution >= 4 is 18.3 Å². The van der Waals surface area contributed by atoms with E-state index in [9.17, 15) is 4.79 Å². The van der Waals surface area contributed by atoms with Crippen LogP contribution in [0.2, 0.25) is 0 Å². The van der Waals surface area contributed by atoms with E-state index in [1.165, 1.54) is 0 Å². The number of carbonyl (C=O) groups is 1. The van der Waals surface area contributed by atoms with Crippen molar-refractivity contribution in [3.63, 3.8) is 0 Å². The summed E-state index contributed by atoms with van der Waals surface area (Å²) in [5.74, 6) is 1.57. The highest BCUT2D eigenvalue weighted by atomic mass is 35.5. The number of carbonyl (C=O) groups excluding carboxylic acids is 1. The first-order valence-electron chi connectivity index (χ1n) is 7.21. The monoisotopic (exact) mass is 328 g/mol. The van der Waals surface area contributed by atoms with E-state index in [1.807, 2.05) is 18.2 Å². The van der Waals surface area contributed by atoms with Gasteiger partial charge < -0.3 is 20.1 Å². The summed E-state index contributed by atoms with van der Waals surface area (Å²) in [6.07, 6.45) is 3.41. The number of rotatable bonds is 6. The number of nitrogens with zero attached hydrogens (tertiary/aromatic N) is 1. The quantitative estimate of drug-likeness (QED) is 0.870. The summed E-state index contributed by atoms with van der Waals surface area (Å²) in [6.45, 7) is 0.481. The van der Waals surface area contributed by atoms with Crippen LogP contribution in [0, 0.1) is 0 Å². The minimum atomic E-state index is -0.288. The molecule has 0 bridgehead atoms. The van der Waals surface area contributed by atoms with Crippen molar-refractivity contribution in [3.8, 4) is 11.5 Å². The first-order chi connectivity index (χ1) is 9.97. The predicted molar refractivity (Wildman–Crippen MR) is 88.7 cm³/mol. The molecule has 1 saturated carbocycles. The number of methoxy groups -OCH3 is 2. The molecular formula is C16H25ClN2O3. The second-order valence-electron chi connectivity index (χ2n) is 5.82. The van der Waals surface area contributed by atoms with Crippen molar-refractivity contribution in [3.05, 3.63) is 23.8 Å². The summed E-state index contributed by atoms with van der Waals surface area (Å²) in [6, 6.07) is 5.58. The fourth-order valence-corrected chi connectivity index (χ4v) is 2.59. The summed E-state index contributed by atoms with van der Waals surface area (Å²) >= 11 is 0. The van der Waals surface area contributed by atoms with Gasteiger partial charge >= 0.3 is 0 Å². The molecule has 1 aromatic carbocycles. The van der Waals surface area contributed by atoms with E-state index < -0.39 is 0 Å². The fourth-order valence-electron chi connectivity index (χ4n) is 2.59. The number of amides is 1. The highest BCUT2D eigenvalue weighted by Crippen LogP contribution is 2.33. The van der Waals surface area contributed by atoms with E-state index >= 15 is 0 Å². The molecule has 6 heteroatoms. The van der Waals surface area contributed by atoms with Crippen LogP contribution in [-0.4, -0.2) is 37.6 Å². The van der Waals surface area contributed by atoms with Gasteiger partial charge in [0.2, 0.25) is 5.91 Å². The minimum Gasteiger partial charge on any atom is -0.497 e. The van der Waals surface area contributed by atoms with Crippen molar-refractivity contribution in [2.24, 2.45) is 5.73 Å². The third kappa shape index (κ3) is 4.27. The summed E-state index contributed by atoms with van der Waals surface area (Å²) in [5, 5.41) is 0. The second kappa shape index (κ2) is 7.70. The third-order valence-electron chi connectivity index (χ3n) is 4.17. The van der Waals surface area contributed by atoms with Gasteiger partial charge in [0.05, 0.1) is 14.2 Å². The van der Waals surface area contributed by atoms with Crippen LogP contribution in [0.1, 0.15) is 31.2 Å². The van der Waals surface area contributed by atoms with Gasteiger partial charge in [-0.25, -0.2) is 0 Å². The van der Waals surface area contributed by atoms with Crippen molar-refractivity contribution in [2.45, 2.75) is 37.8 Å². The van der Waals surface area contributed by atoms with Crippen molar-refractivity contribution < 1.29 is 14.3 Å². The summed E-state index contributed by atoms with van der Waals surface area (Å²) < 4.78 is 10.6. The molecule has 0 aliphatic heterocycles. The Morgan fingerprint density at radius 3 is 2.50 bits per heavy atom. The lowest BCUT2D eigenvalue weighted by Gasteiger charge is -2.38. The van der Waals surface area contributed by atoms with Crippen LogP contribution in [0.5, 0.6) is 11.5 Å². The first kappa shape index (κ1) is 18.6. The second-order valence-corrected chi connectivity index (χ2v) is 5.82. The molecule has 2 rings (SSSR count). The molecule has 1 fully saturated rings. The molecule has 1 aliphatic rings. The zero-order valence-electron chi connectivity index (χ0n) is 13.4. The van der Waals surface area contributed by atoms with Crippen LogP contribution in [0.3, 0.4) is 0 Å². The molecule has 0 atom stereocenters. The average Bonchev–Trinajstić information content (AvgIpc) is 2.45. The Kier molecular flexibility index (Phi) is 6.50. The van der Waals surface area contributed by atoms with Gasteiger partial charge in [-0.3, -0.25) is 4.79 Å². The number of hydrogen-bond donors (Lipinski definition) is 1. The molecule has 0 spiro atoms. The Morgan fingerprint density at radius 1 is 1.32 bits per heavy atom. The normalized spacial score (nSPS) is 15.3. The SMILES string of the molecule is COc1ccc(OC)c(CN(C)C(=O)CC2(N)CCC2)c1.Cl. The van der Waals surface area contributed by atoms with Crippen LogP contribution in [0.25, 0.3) is 0 Å². The number of nitrogens with two attached hydrogens (primary N) is 1. The molecule has 0 radical (unpaired) electrons. The molecule has 0 heterocycles. The number of benzene rings is 1. The van der Waals surface area contributed by atoms with Gasteiger partial charge in [-0.1, -0.05) is 0 Å². The standard InChI is InChI=1S/C16H24N2O3.ClH/c1-18(15(19)10-16(17)7-4-8-16)11-12-9-13(20-2)5-6-14(12)21-3;/h5-6,9H,4,7-8,10-11,17H2,1-3H3;1H. The lowest BCUT2D eigenvalue weighted by atomic mass is 9.75. The van der Waals surface area contributed by atoms with Crippen LogP contribution < -0.4 is 15.2 Å². The molecular weight excluding hydrogens is 304 g/mol. The Bertz CT molecular complexity index is 518. The average molecular weight is 329 g/mol. The fraction of sp³-hybridized carbons (Fsp3) is 0.562. The molecule has 22 heavy (non-hydrogen) atoms. The van der Waals surface area contributed by atoms with E-state index in [4.69, 9.17) is 15.2 Å². The molecule has 5 nitrogen and oxygen atoms in total. The van der Waals surface area contributed by atoms with Gasteiger partial charge in [-0.05, 0) is 37.5 Å². The van der Waals surface area contributed by atoms with Gasteiger partial charge in [0.15, 0.2) is 0 Å². The first-order valence-corrected chi connectivity index (χ1v) is 7.21. The van der Waals surface area contributed by atoms with Crippen LogP contribution in [0.15, 0.2) is 18.2 Å². The number of halogens is 1. The van der Waals surface area contributed by atoms with Crippen molar-refractivity contribution in [2.75, 3.05) is 21.3 Å². The summed E-state index contributed by atoms with van der Waals surface area (Å²) in [4.78, 5) is 14.0. The molecule has 2 N–H and O–H groups in total. The van der Waals surface area contributed by atoms with Crippen LogP contribution >= 0.6 is 12.4 Å². The third-order valence-corrected chi connectivity index (χ3v) is 4.17. The van der Waals surface area contributed by atoms with Crippen LogP contribution in [0.4, 0.5) is 0 Å². The van der Waals surface area contributed by atoms with Gasteiger partial charge in [0.25, 0.3) is 0 Å². The van der Waals surface area contributed by atoms with Crippen LogP contribution in [-0.2, 0) is 11.3 Å². The van der Waals surface area contributed by atoms with E-state index in [0.29, 0.717) is 13.0 Å². The lowest BCUT2D eigenvalue weighted by molar-refractivity contribution is -0.132. The molecule has 1 amide bonds. The zero-order chi connectivity index (χ0) is 15.5. The van der Waals surface area contributed by atoms with Gasteiger partial charge in [0, 0.05) is 31.1 Å². The Morgan fingerprint density at radius 2 is 2.00 bits per heavy atom. The lowest BCUT2D eigenvalue weighted by Crippen LogP contribution is -2.50.